The summed E-state index contributed by atoms with van der Waals surface area (Å²) in [7, 11) is 1.94. The Bertz CT molecular complexity index is 1420. The van der Waals surface area contributed by atoms with Crippen LogP contribution in [0.1, 0.15) is 5.69 Å². The van der Waals surface area contributed by atoms with Crippen LogP contribution in [0.2, 0.25) is 0 Å². The fourth-order valence-electron chi connectivity index (χ4n) is 3.05. The second-order valence-electron chi connectivity index (χ2n) is 7.12. The third-order valence-electron chi connectivity index (χ3n) is 4.80. The first-order valence-corrected chi connectivity index (χ1v) is 9.84. The van der Waals surface area contributed by atoms with Crippen LogP contribution >= 0.6 is 0 Å². The van der Waals surface area contributed by atoms with E-state index >= 15 is 0 Å². The summed E-state index contributed by atoms with van der Waals surface area (Å²) in [4.78, 5) is 35.5. The van der Waals surface area contributed by atoms with Crippen LogP contribution in [-0.4, -0.2) is 39.2 Å². The molecular formula is C21H17F4N3O8. The number of para-hydroxylation sites is 2. The van der Waals surface area contributed by atoms with Gasteiger partial charge in [0.1, 0.15) is 12.3 Å². The SMILES string of the molecule is COC(O)COc1ccccc1Oc1cc(-n2c(=O)cc(C(F)(F)F)n(C)c2=O)c(F)cc1[N+](=O)[O-]. The predicted molar refractivity (Wildman–Crippen MR) is 114 cm³/mol. The maximum Gasteiger partial charge on any atom is 0.431 e. The zero-order valence-corrected chi connectivity index (χ0v) is 18.5. The highest BCUT2D eigenvalue weighted by Gasteiger charge is 2.35. The van der Waals surface area contributed by atoms with Crippen LogP contribution in [0, 0.1) is 15.9 Å². The first-order valence-electron chi connectivity index (χ1n) is 9.84. The number of hydrogen-bond donors (Lipinski definition) is 1. The number of hydrogen-bond acceptors (Lipinski definition) is 8. The Labute approximate surface area is 198 Å². The number of rotatable bonds is 8. The molecule has 3 rings (SSSR count). The lowest BCUT2D eigenvalue weighted by Crippen LogP contribution is -2.41. The van der Waals surface area contributed by atoms with E-state index in [1.165, 1.54) is 31.4 Å². The van der Waals surface area contributed by atoms with Crippen LogP contribution in [0.3, 0.4) is 0 Å². The fraction of sp³-hybridized carbons (Fsp3) is 0.238. The zero-order valence-electron chi connectivity index (χ0n) is 18.5. The molecule has 0 aliphatic rings. The summed E-state index contributed by atoms with van der Waals surface area (Å²) in [5.74, 6) is -2.26. The summed E-state index contributed by atoms with van der Waals surface area (Å²) in [5, 5.41) is 21.0. The number of nitro benzene ring substituents is 1. The van der Waals surface area contributed by atoms with Crippen LogP contribution in [0.25, 0.3) is 5.69 Å². The zero-order chi connectivity index (χ0) is 26.8. The second kappa shape index (κ2) is 10.2. The van der Waals surface area contributed by atoms with Crippen molar-refractivity contribution in [2.24, 2.45) is 7.05 Å². The summed E-state index contributed by atoms with van der Waals surface area (Å²) in [6.45, 7) is -0.357. The number of alkyl halides is 3. The van der Waals surface area contributed by atoms with Crippen molar-refractivity contribution in [1.82, 2.24) is 9.13 Å². The van der Waals surface area contributed by atoms with E-state index in [0.29, 0.717) is 12.1 Å². The van der Waals surface area contributed by atoms with Gasteiger partial charge in [-0.05, 0) is 12.1 Å². The van der Waals surface area contributed by atoms with Gasteiger partial charge in [0.15, 0.2) is 23.6 Å². The summed E-state index contributed by atoms with van der Waals surface area (Å²) in [6.07, 6.45) is -6.36. The third kappa shape index (κ3) is 5.36. The Morgan fingerprint density at radius 1 is 1.11 bits per heavy atom. The van der Waals surface area contributed by atoms with Gasteiger partial charge in [-0.1, -0.05) is 12.1 Å². The highest BCUT2D eigenvalue weighted by atomic mass is 19.4. The molecule has 1 atom stereocenters. The van der Waals surface area contributed by atoms with Crippen molar-refractivity contribution in [2.45, 2.75) is 12.5 Å². The molecule has 3 aromatic rings. The quantitative estimate of drug-likeness (QED) is 0.209. The summed E-state index contributed by atoms with van der Waals surface area (Å²) in [6, 6.07) is 6.73. The minimum atomic E-state index is -5.05. The molecule has 2 aromatic carbocycles. The van der Waals surface area contributed by atoms with Crippen molar-refractivity contribution in [3.8, 4) is 22.9 Å². The molecule has 0 spiro atoms. The topological polar surface area (TPSA) is 135 Å². The summed E-state index contributed by atoms with van der Waals surface area (Å²) < 4.78 is 69.9. The smallest absolute Gasteiger partial charge is 0.431 e. The molecule has 1 aromatic heterocycles. The molecule has 0 aliphatic carbocycles. The number of nitro groups is 1. The van der Waals surface area contributed by atoms with Gasteiger partial charge in [-0.3, -0.25) is 19.5 Å². The normalized spacial score (nSPS) is 12.3. The number of benzene rings is 2. The van der Waals surface area contributed by atoms with Crippen LogP contribution in [0.5, 0.6) is 17.2 Å². The highest BCUT2D eigenvalue weighted by molar-refractivity contribution is 5.56. The molecule has 0 aliphatic heterocycles. The molecular weight excluding hydrogens is 498 g/mol. The molecule has 1 heterocycles. The molecule has 36 heavy (non-hydrogen) atoms. The van der Waals surface area contributed by atoms with E-state index in [4.69, 9.17) is 9.47 Å². The van der Waals surface area contributed by atoms with Gasteiger partial charge in [0.25, 0.3) is 5.56 Å². The van der Waals surface area contributed by atoms with Crippen molar-refractivity contribution >= 4 is 5.69 Å². The summed E-state index contributed by atoms with van der Waals surface area (Å²) >= 11 is 0. The molecule has 0 radical (unpaired) electrons. The van der Waals surface area contributed by atoms with E-state index in [2.05, 4.69) is 4.74 Å². The van der Waals surface area contributed by atoms with Crippen LogP contribution in [-0.2, 0) is 18.0 Å². The van der Waals surface area contributed by atoms with E-state index < -0.39 is 57.3 Å². The van der Waals surface area contributed by atoms with Crippen LogP contribution in [0.15, 0.2) is 52.1 Å². The maximum absolute atomic E-state index is 14.8. The van der Waals surface area contributed by atoms with Crippen molar-refractivity contribution in [3.63, 3.8) is 0 Å². The minimum Gasteiger partial charge on any atom is -0.484 e. The number of aromatic nitrogens is 2. The predicted octanol–water partition coefficient (Wildman–Crippen LogP) is 2.74. The average Bonchev–Trinajstić information content (AvgIpc) is 2.81. The lowest BCUT2D eigenvalue weighted by atomic mass is 10.2. The largest absolute Gasteiger partial charge is 0.484 e. The second-order valence-corrected chi connectivity index (χ2v) is 7.12. The number of halogens is 4. The van der Waals surface area contributed by atoms with Gasteiger partial charge in [0.05, 0.1) is 16.7 Å². The Balaban J connectivity index is 2.16. The third-order valence-corrected chi connectivity index (χ3v) is 4.80. The lowest BCUT2D eigenvalue weighted by Gasteiger charge is -2.16. The van der Waals surface area contributed by atoms with Gasteiger partial charge in [-0.25, -0.2) is 13.8 Å². The number of ether oxygens (including phenoxy) is 3. The maximum atomic E-state index is 14.8. The standard InChI is InChI=1S/C21H17F4N3O8/c1-26-17(21(23,24)25)9-18(29)27(20(26)31)12-8-16(13(28(32)33)7-11(12)22)36-15-6-4-3-5-14(15)35-10-19(30)34-2/h3-9,19,30H,10H2,1-2H3. The molecule has 15 heteroatoms. The number of aliphatic hydroxyl groups excluding tert-OH is 1. The van der Waals surface area contributed by atoms with E-state index in [1.54, 1.807) is 0 Å². The van der Waals surface area contributed by atoms with Gasteiger partial charge in [0, 0.05) is 26.3 Å². The van der Waals surface area contributed by atoms with Crippen molar-refractivity contribution in [1.29, 1.82) is 0 Å². The first kappa shape index (κ1) is 26.4. The van der Waals surface area contributed by atoms with Crippen molar-refractivity contribution in [3.05, 3.63) is 84.9 Å². The van der Waals surface area contributed by atoms with Crippen molar-refractivity contribution < 1.29 is 41.8 Å². The molecule has 0 saturated heterocycles. The molecule has 0 bridgehead atoms. The number of nitrogens with zero attached hydrogens (tertiary/aromatic N) is 3. The minimum absolute atomic E-state index is 0.0172. The summed E-state index contributed by atoms with van der Waals surface area (Å²) in [5.41, 5.74) is -6.45. The average molecular weight is 515 g/mol. The Hall–Kier alpha value is -4.24. The van der Waals surface area contributed by atoms with Crippen molar-refractivity contribution in [2.75, 3.05) is 13.7 Å². The highest BCUT2D eigenvalue weighted by Crippen LogP contribution is 2.38. The number of aliphatic hydroxyl groups is 1. The fourth-order valence-corrected chi connectivity index (χ4v) is 3.05. The molecule has 0 amide bonds. The monoisotopic (exact) mass is 515 g/mol. The molecule has 11 nitrogen and oxygen atoms in total. The number of methoxy groups -OCH3 is 1. The molecule has 1 N–H and O–H groups in total. The molecule has 0 saturated carbocycles. The van der Waals surface area contributed by atoms with E-state index in [9.17, 15) is 42.4 Å². The first-order chi connectivity index (χ1) is 16.8. The molecule has 1 unspecified atom stereocenters. The van der Waals surface area contributed by atoms with E-state index in [-0.39, 0.29) is 33.3 Å². The Kier molecular flexibility index (Phi) is 7.45. The lowest BCUT2D eigenvalue weighted by molar-refractivity contribution is -0.385. The Morgan fingerprint density at radius 2 is 1.75 bits per heavy atom. The van der Waals surface area contributed by atoms with Crippen LogP contribution < -0.4 is 20.7 Å². The van der Waals surface area contributed by atoms with E-state index in [0.717, 1.165) is 7.05 Å². The van der Waals surface area contributed by atoms with Gasteiger partial charge < -0.3 is 19.3 Å². The Morgan fingerprint density at radius 3 is 2.33 bits per heavy atom. The van der Waals surface area contributed by atoms with Crippen LogP contribution in [0.4, 0.5) is 23.2 Å². The van der Waals surface area contributed by atoms with E-state index in [1.807, 2.05) is 0 Å². The van der Waals surface area contributed by atoms with Gasteiger partial charge in [0.2, 0.25) is 5.75 Å². The molecule has 192 valence electrons. The van der Waals surface area contributed by atoms with Gasteiger partial charge in [-0.15, -0.1) is 0 Å². The molecule has 0 fully saturated rings. The van der Waals surface area contributed by atoms with Gasteiger partial charge in [-0.2, -0.15) is 13.2 Å². The van der Waals surface area contributed by atoms with Gasteiger partial charge >= 0.3 is 17.6 Å².